The maximum Gasteiger partial charge on any atom is 0.329 e. The van der Waals surface area contributed by atoms with E-state index < -0.39 is 11.5 Å². The van der Waals surface area contributed by atoms with E-state index in [9.17, 15) is 14.7 Å². The Morgan fingerprint density at radius 3 is 2.44 bits per heavy atom. The van der Waals surface area contributed by atoms with E-state index in [4.69, 9.17) is 0 Å². The van der Waals surface area contributed by atoms with Crippen molar-refractivity contribution in [3.8, 4) is 0 Å². The van der Waals surface area contributed by atoms with Crippen molar-refractivity contribution in [1.29, 1.82) is 0 Å². The summed E-state index contributed by atoms with van der Waals surface area (Å²) in [6, 6.07) is 9.66. The third-order valence-corrected chi connectivity index (χ3v) is 3.33. The number of carboxylic acid groups (broad SMARTS) is 1. The van der Waals surface area contributed by atoms with Gasteiger partial charge in [-0.3, -0.25) is 4.79 Å². The summed E-state index contributed by atoms with van der Waals surface area (Å²) in [5.74, 6) is -1.16. The highest BCUT2D eigenvalue weighted by molar-refractivity contribution is 5.81. The monoisotopic (exact) mass is 249 g/mol. The van der Waals surface area contributed by atoms with Gasteiger partial charge in [-0.15, -0.1) is 0 Å². The Labute approximate surface area is 107 Å². The van der Waals surface area contributed by atoms with E-state index in [1.54, 1.807) is 13.8 Å². The van der Waals surface area contributed by atoms with Crippen LogP contribution in [0.1, 0.15) is 25.8 Å². The lowest BCUT2D eigenvalue weighted by Gasteiger charge is -2.32. The van der Waals surface area contributed by atoms with Crippen LogP contribution in [0.4, 0.5) is 0 Å². The molecule has 0 aromatic heterocycles. The molecule has 0 aliphatic heterocycles. The number of amides is 1. The standard InChI is InChI=1S/C14H19NO3/c1-11(2)14(13(17)18,15-10-16)9-8-12-6-4-3-5-7-12/h3-7,10-11H,8-9H2,1-2H3,(H,15,16)(H,17,18). The molecule has 1 rings (SSSR count). The van der Waals surface area contributed by atoms with E-state index in [1.165, 1.54) is 0 Å². The fourth-order valence-electron chi connectivity index (χ4n) is 2.03. The zero-order chi connectivity index (χ0) is 13.6. The number of aliphatic carboxylic acids is 1. The van der Waals surface area contributed by atoms with Gasteiger partial charge in [-0.05, 0) is 24.3 Å². The summed E-state index contributed by atoms with van der Waals surface area (Å²) < 4.78 is 0. The lowest BCUT2D eigenvalue weighted by molar-refractivity contribution is -0.148. The van der Waals surface area contributed by atoms with E-state index in [0.717, 1.165) is 5.56 Å². The van der Waals surface area contributed by atoms with Crippen LogP contribution in [-0.4, -0.2) is 23.0 Å². The van der Waals surface area contributed by atoms with Crippen LogP contribution < -0.4 is 5.32 Å². The van der Waals surface area contributed by atoms with Crippen molar-refractivity contribution >= 4 is 12.4 Å². The largest absolute Gasteiger partial charge is 0.479 e. The second kappa shape index (κ2) is 6.19. The molecule has 1 unspecified atom stereocenters. The zero-order valence-corrected chi connectivity index (χ0v) is 10.7. The van der Waals surface area contributed by atoms with Gasteiger partial charge in [0.1, 0.15) is 5.54 Å². The van der Waals surface area contributed by atoms with Crippen LogP contribution in [0.5, 0.6) is 0 Å². The van der Waals surface area contributed by atoms with E-state index in [1.807, 2.05) is 30.3 Å². The first kappa shape index (κ1) is 14.2. The lowest BCUT2D eigenvalue weighted by Crippen LogP contribution is -2.55. The highest BCUT2D eigenvalue weighted by Gasteiger charge is 2.40. The second-order valence-corrected chi connectivity index (χ2v) is 4.68. The number of carbonyl (C=O) groups is 2. The Hall–Kier alpha value is -1.84. The molecule has 0 spiro atoms. The molecule has 1 aromatic rings. The summed E-state index contributed by atoms with van der Waals surface area (Å²) in [6.07, 6.45) is 1.47. The van der Waals surface area contributed by atoms with Crippen LogP contribution in [0.3, 0.4) is 0 Å². The fraction of sp³-hybridized carbons (Fsp3) is 0.429. The maximum atomic E-state index is 11.5. The van der Waals surface area contributed by atoms with Gasteiger partial charge in [0.15, 0.2) is 0 Å². The van der Waals surface area contributed by atoms with Gasteiger partial charge < -0.3 is 10.4 Å². The van der Waals surface area contributed by atoms with E-state index >= 15 is 0 Å². The first-order valence-corrected chi connectivity index (χ1v) is 6.01. The minimum Gasteiger partial charge on any atom is -0.479 e. The highest BCUT2D eigenvalue weighted by atomic mass is 16.4. The summed E-state index contributed by atoms with van der Waals surface area (Å²) in [5, 5.41) is 11.9. The van der Waals surface area contributed by atoms with Crippen LogP contribution in [0.15, 0.2) is 30.3 Å². The number of hydrogen-bond donors (Lipinski definition) is 2. The topological polar surface area (TPSA) is 66.4 Å². The normalized spacial score (nSPS) is 13.9. The van der Waals surface area contributed by atoms with Gasteiger partial charge in [0.05, 0.1) is 0 Å². The third kappa shape index (κ3) is 3.09. The molecule has 1 atom stereocenters. The lowest BCUT2D eigenvalue weighted by atomic mass is 9.81. The number of hydrogen-bond acceptors (Lipinski definition) is 2. The van der Waals surface area contributed by atoms with Gasteiger partial charge in [-0.25, -0.2) is 4.79 Å². The molecule has 0 fully saturated rings. The van der Waals surface area contributed by atoms with Crippen molar-refractivity contribution in [3.63, 3.8) is 0 Å². The summed E-state index contributed by atoms with van der Waals surface area (Å²) in [5.41, 5.74) is -0.131. The molecule has 0 saturated carbocycles. The molecular formula is C14H19NO3. The first-order chi connectivity index (χ1) is 8.53. The van der Waals surface area contributed by atoms with Crippen LogP contribution in [0.2, 0.25) is 0 Å². The Morgan fingerprint density at radius 1 is 1.39 bits per heavy atom. The summed E-state index contributed by atoms with van der Waals surface area (Å²) >= 11 is 0. The minimum absolute atomic E-state index is 0.177. The highest BCUT2D eigenvalue weighted by Crippen LogP contribution is 2.23. The molecule has 98 valence electrons. The Balaban J connectivity index is 2.85. The van der Waals surface area contributed by atoms with Gasteiger partial charge in [0.2, 0.25) is 6.41 Å². The first-order valence-electron chi connectivity index (χ1n) is 6.01. The average Bonchev–Trinajstić information content (AvgIpc) is 2.35. The van der Waals surface area contributed by atoms with E-state index in [2.05, 4.69) is 5.32 Å². The van der Waals surface area contributed by atoms with Crippen LogP contribution in [0.25, 0.3) is 0 Å². The van der Waals surface area contributed by atoms with Crippen molar-refractivity contribution in [2.75, 3.05) is 0 Å². The van der Waals surface area contributed by atoms with Gasteiger partial charge >= 0.3 is 5.97 Å². The molecule has 0 aliphatic rings. The SMILES string of the molecule is CC(C)C(CCc1ccccc1)(NC=O)C(=O)O. The molecule has 0 radical (unpaired) electrons. The molecule has 0 bridgehead atoms. The predicted molar refractivity (Wildman–Crippen MR) is 69.2 cm³/mol. The van der Waals surface area contributed by atoms with Gasteiger partial charge in [0, 0.05) is 0 Å². The van der Waals surface area contributed by atoms with E-state index in [-0.39, 0.29) is 5.92 Å². The van der Waals surface area contributed by atoms with Crippen molar-refractivity contribution in [2.24, 2.45) is 5.92 Å². The quantitative estimate of drug-likeness (QED) is 0.725. The molecular weight excluding hydrogens is 230 g/mol. The Kier molecular flexibility index (Phi) is 4.89. The number of aryl methyl sites for hydroxylation is 1. The molecule has 2 N–H and O–H groups in total. The van der Waals surface area contributed by atoms with Crippen molar-refractivity contribution < 1.29 is 14.7 Å². The molecule has 4 nitrogen and oxygen atoms in total. The summed E-state index contributed by atoms with van der Waals surface area (Å²) in [4.78, 5) is 22.1. The van der Waals surface area contributed by atoms with Crippen LogP contribution >= 0.6 is 0 Å². The molecule has 0 saturated heterocycles. The zero-order valence-electron chi connectivity index (χ0n) is 10.7. The number of benzene rings is 1. The van der Waals surface area contributed by atoms with Crippen LogP contribution in [0, 0.1) is 5.92 Å². The summed E-state index contributed by atoms with van der Waals surface area (Å²) in [6.45, 7) is 3.60. The maximum absolute atomic E-state index is 11.5. The molecule has 1 amide bonds. The minimum atomic E-state index is -1.20. The van der Waals surface area contributed by atoms with Crippen molar-refractivity contribution in [3.05, 3.63) is 35.9 Å². The molecule has 4 heteroatoms. The van der Waals surface area contributed by atoms with Gasteiger partial charge in [-0.2, -0.15) is 0 Å². The predicted octanol–water partition coefficient (Wildman–Crippen LogP) is 1.84. The third-order valence-electron chi connectivity index (χ3n) is 3.33. The number of rotatable bonds is 7. The van der Waals surface area contributed by atoms with Crippen molar-refractivity contribution in [1.82, 2.24) is 5.32 Å². The average molecular weight is 249 g/mol. The number of nitrogens with one attached hydrogen (secondary N) is 1. The Bertz CT molecular complexity index is 403. The molecule has 0 heterocycles. The molecule has 18 heavy (non-hydrogen) atoms. The van der Waals surface area contributed by atoms with Gasteiger partial charge in [0.25, 0.3) is 0 Å². The molecule has 1 aromatic carbocycles. The Morgan fingerprint density at radius 2 is 2.00 bits per heavy atom. The smallest absolute Gasteiger partial charge is 0.329 e. The number of carboxylic acids is 1. The number of carbonyl (C=O) groups excluding carboxylic acids is 1. The van der Waals surface area contributed by atoms with Gasteiger partial charge in [-0.1, -0.05) is 44.2 Å². The fourth-order valence-corrected chi connectivity index (χ4v) is 2.03. The molecule has 0 aliphatic carbocycles. The van der Waals surface area contributed by atoms with Crippen LogP contribution in [-0.2, 0) is 16.0 Å². The van der Waals surface area contributed by atoms with E-state index in [0.29, 0.717) is 19.3 Å². The summed E-state index contributed by atoms with van der Waals surface area (Å²) in [7, 11) is 0. The second-order valence-electron chi connectivity index (χ2n) is 4.68. The van der Waals surface area contributed by atoms with Crippen molar-refractivity contribution in [2.45, 2.75) is 32.2 Å².